The number of furan rings is 1. The van der Waals surface area contributed by atoms with Gasteiger partial charge in [0.25, 0.3) is 0 Å². The van der Waals surface area contributed by atoms with Crippen LogP contribution in [0.2, 0.25) is 19.6 Å². The van der Waals surface area contributed by atoms with E-state index >= 15 is 0 Å². The third-order valence-corrected chi connectivity index (χ3v) is 14.4. The Bertz CT molecular complexity index is 2950. The maximum Gasteiger partial charge on any atom is 0.120 e. The number of hydrogen-bond donors (Lipinski definition) is 0. The van der Waals surface area contributed by atoms with Gasteiger partial charge in [-0.15, -0.1) is 54.1 Å². The molecule has 0 aliphatic heterocycles. The minimum absolute atomic E-state index is 0. The Labute approximate surface area is 381 Å². The quantitative estimate of drug-likeness (QED) is 0.118. The molecule has 0 amide bonds. The number of imidazole rings is 1. The molecule has 0 N–H and O–H groups in total. The molecule has 1 saturated carbocycles. The summed E-state index contributed by atoms with van der Waals surface area (Å²) in [6, 6.07) is 55.3. The van der Waals surface area contributed by atoms with Crippen molar-refractivity contribution in [2.45, 2.75) is 84.4 Å². The minimum atomic E-state index is -1.36. The summed E-state index contributed by atoms with van der Waals surface area (Å²) in [4.78, 5) is 9.93. The van der Waals surface area contributed by atoms with Crippen molar-refractivity contribution in [3.8, 4) is 39.5 Å². The van der Waals surface area contributed by atoms with E-state index in [1.807, 2.05) is 42.5 Å². The van der Waals surface area contributed by atoms with Crippen molar-refractivity contribution in [2.24, 2.45) is 5.92 Å². The number of benzene rings is 6. The van der Waals surface area contributed by atoms with E-state index in [0.29, 0.717) is 0 Å². The summed E-state index contributed by atoms with van der Waals surface area (Å²) >= 11 is 0. The van der Waals surface area contributed by atoms with E-state index in [4.69, 9.17) is 14.4 Å². The summed E-state index contributed by atoms with van der Waals surface area (Å²) in [5.41, 5.74) is 13.0. The normalized spacial score (nSPS) is 13.5. The first kappa shape index (κ1) is 43.3. The summed E-state index contributed by atoms with van der Waals surface area (Å²) in [7, 11) is -1.36. The fourth-order valence-corrected chi connectivity index (χ4v) is 10.7. The van der Waals surface area contributed by atoms with Gasteiger partial charge in [-0.2, -0.15) is 0 Å². The summed E-state index contributed by atoms with van der Waals surface area (Å²) < 4.78 is 8.69. The molecule has 4 nitrogen and oxygen atoms in total. The van der Waals surface area contributed by atoms with Gasteiger partial charge >= 0.3 is 0 Å². The van der Waals surface area contributed by atoms with Crippen molar-refractivity contribution < 1.29 is 24.5 Å². The van der Waals surface area contributed by atoms with E-state index in [2.05, 4.69) is 160 Å². The predicted molar refractivity (Wildman–Crippen MR) is 259 cm³/mol. The number of pyridine rings is 1. The molecule has 1 aliphatic rings. The van der Waals surface area contributed by atoms with Gasteiger partial charge in [0.1, 0.15) is 5.58 Å². The summed E-state index contributed by atoms with van der Waals surface area (Å²) in [5, 5.41) is 3.71. The molecular weight excluding hydrogens is 951 g/mol. The third-order valence-electron chi connectivity index (χ3n) is 12.3. The molecule has 1 radical (unpaired) electrons. The van der Waals surface area contributed by atoms with Crippen molar-refractivity contribution in [2.75, 3.05) is 0 Å². The number of rotatable bonds is 7. The Balaban J connectivity index is 0.000000190. The Morgan fingerprint density at radius 1 is 0.742 bits per heavy atom. The standard InChI is InChI=1S/C35H27N2O.C21H28NSi.Ir/c1-35(2,3)24-20-21-30(28(22-24)23-12-5-4-6-13-23)37-31-18-9-8-17-29(31)36-34(37)27-16-11-15-26-25-14-7-10-19-32(25)38-33(26)27;1-23(2,3)21-16-22-20(18-12-8-5-9-13-18)15-19(21)14-17-10-6-4-7-11-17;/h4-15,17-22H,1-3H3;5,8-9,12,15-17H,4,6-7,10-11,14H2,1-3H3;/q2*-1;. The van der Waals surface area contributed by atoms with Crippen molar-refractivity contribution >= 4 is 46.2 Å². The SMILES string of the molecule is CC(C)(C)c1ccc(-n2c(-c3[c-]ccc4c3oc3ccccc34)nc3ccccc32)c(-c2ccccc2)c1.C[Si](C)(C)c1cnc(-c2[c-]cccc2)cc1CC1CCCCC1.[Ir]. The number of hydrogen-bond acceptors (Lipinski definition) is 3. The van der Waals surface area contributed by atoms with Crippen LogP contribution in [0.25, 0.3) is 72.4 Å². The van der Waals surface area contributed by atoms with Crippen LogP contribution in [0.3, 0.4) is 0 Å². The second-order valence-corrected chi connectivity index (χ2v) is 23.8. The third kappa shape index (κ3) is 8.92. The van der Waals surface area contributed by atoms with Crippen LogP contribution >= 0.6 is 0 Å². The second kappa shape index (κ2) is 18.1. The molecule has 0 spiro atoms. The van der Waals surface area contributed by atoms with Crippen LogP contribution in [-0.2, 0) is 31.9 Å². The molecule has 6 heteroatoms. The molecule has 0 atom stereocenters. The predicted octanol–water partition coefficient (Wildman–Crippen LogP) is 14.6. The van der Waals surface area contributed by atoms with Crippen molar-refractivity contribution in [3.05, 3.63) is 169 Å². The number of para-hydroxylation sites is 3. The van der Waals surface area contributed by atoms with Crippen LogP contribution in [0, 0.1) is 18.1 Å². The Morgan fingerprint density at radius 2 is 1.48 bits per heavy atom. The van der Waals surface area contributed by atoms with E-state index in [0.717, 1.165) is 67.2 Å². The molecule has 3 aromatic heterocycles. The molecule has 3 heterocycles. The average Bonchev–Trinajstić information content (AvgIpc) is 3.86. The van der Waals surface area contributed by atoms with E-state index in [1.165, 1.54) is 55.2 Å². The van der Waals surface area contributed by atoms with E-state index in [-0.39, 0.29) is 25.5 Å². The van der Waals surface area contributed by atoms with Crippen LogP contribution in [0.4, 0.5) is 0 Å². The molecule has 6 aromatic carbocycles. The molecule has 315 valence electrons. The first-order valence-electron chi connectivity index (χ1n) is 22.0. The van der Waals surface area contributed by atoms with Gasteiger partial charge < -0.3 is 14.0 Å². The zero-order valence-electron chi connectivity index (χ0n) is 36.8. The van der Waals surface area contributed by atoms with Crippen LogP contribution in [0.5, 0.6) is 0 Å². The van der Waals surface area contributed by atoms with Crippen LogP contribution in [0.1, 0.15) is 64.0 Å². The Kier molecular flexibility index (Phi) is 12.7. The number of nitrogens with zero attached hydrogens (tertiary/aromatic N) is 3. The maximum atomic E-state index is 6.42. The largest absolute Gasteiger partial charge is 0.501 e. The van der Waals surface area contributed by atoms with Gasteiger partial charge in [0, 0.05) is 42.9 Å². The van der Waals surface area contributed by atoms with Gasteiger partial charge in [0.15, 0.2) is 0 Å². The van der Waals surface area contributed by atoms with Gasteiger partial charge in [0.2, 0.25) is 0 Å². The zero-order chi connectivity index (χ0) is 42.1. The molecule has 0 saturated heterocycles. The van der Waals surface area contributed by atoms with Crippen LogP contribution < -0.4 is 5.19 Å². The van der Waals surface area contributed by atoms with Crippen molar-refractivity contribution in [1.29, 1.82) is 0 Å². The molecular formula is C56H55IrN3OSi-2. The molecule has 1 fully saturated rings. The van der Waals surface area contributed by atoms with Crippen molar-refractivity contribution in [3.63, 3.8) is 0 Å². The fraction of sp³-hybridized carbons (Fsp3) is 0.250. The first-order valence-corrected chi connectivity index (χ1v) is 25.5. The Hall–Kier alpha value is -5.39. The number of fused-ring (bicyclic) bond motifs is 4. The summed E-state index contributed by atoms with van der Waals surface area (Å²) in [5.74, 6) is 1.69. The van der Waals surface area contributed by atoms with E-state index < -0.39 is 8.07 Å². The fourth-order valence-electron chi connectivity index (χ4n) is 9.08. The zero-order valence-corrected chi connectivity index (χ0v) is 40.2. The molecule has 10 rings (SSSR count). The molecule has 62 heavy (non-hydrogen) atoms. The van der Waals surface area contributed by atoms with E-state index in [1.54, 1.807) is 10.8 Å². The van der Waals surface area contributed by atoms with Crippen LogP contribution in [0.15, 0.2) is 150 Å². The topological polar surface area (TPSA) is 43.9 Å². The van der Waals surface area contributed by atoms with Crippen molar-refractivity contribution in [1.82, 2.24) is 14.5 Å². The van der Waals surface area contributed by atoms with Gasteiger partial charge in [-0.05, 0) is 70.1 Å². The maximum absolute atomic E-state index is 6.42. The average molecular weight is 1010 g/mol. The van der Waals surface area contributed by atoms with Gasteiger partial charge in [-0.3, -0.25) is 4.98 Å². The van der Waals surface area contributed by atoms with E-state index in [9.17, 15) is 0 Å². The molecule has 0 bridgehead atoms. The second-order valence-electron chi connectivity index (χ2n) is 18.8. The smallest absolute Gasteiger partial charge is 0.120 e. The molecule has 0 unspecified atom stereocenters. The first-order chi connectivity index (χ1) is 29.5. The summed E-state index contributed by atoms with van der Waals surface area (Å²) in [6.07, 6.45) is 10.5. The van der Waals surface area contributed by atoms with Gasteiger partial charge in [-0.25, -0.2) is 0 Å². The number of aromatic nitrogens is 3. The van der Waals surface area contributed by atoms with Crippen LogP contribution in [-0.4, -0.2) is 22.6 Å². The van der Waals surface area contributed by atoms with Gasteiger partial charge in [-0.1, -0.05) is 162 Å². The summed E-state index contributed by atoms with van der Waals surface area (Å²) in [6.45, 7) is 14.1. The monoisotopic (exact) mass is 1010 g/mol. The molecule has 1 aliphatic carbocycles. The van der Waals surface area contributed by atoms with Gasteiger partial charge in [0.05, 0.1) is 30.5 Å². The molecule has 9 aromatic rings. The Morgan fingerprint density at radius 3 is 2.24 bits per heavy atom. The minimum Gasteiger partial charge on any atom is -0.501 e.